The molecule has 0 aliphatic carbocycles. The second kappa shape index (κ2) is 8.35. The number of nitrogens with one attached hydrogen (secondary N) is 1. The third kappa shape index (κ3) is 4.09. The summed E-state index contributed by atoms with van der Waals surface area (Å²) in [4.78, 5) is 33.0. The van der Waals surface area contributed by atoms with Crippen LogP contribution in [0.5, 0.6) is 0 Å². The maximum absolute atomic E-state index is 12.6. The van der Waals surface area contributed by atoms with Gasteiger partial charge in [-0.15, -0.1) is 11.3 Å². The van der Waals surface area contributed by atoms with Gasteiger partial charge in [0.1, 0.15) is 5.65 Å². The summed E-state index contributed by atoms with van der Waals surface area (Å²) in [6, 6.07) is 9.45. The van der Waals surface area contributed by atoms with Crippen LogP contribution in [0, 0.1) is 0 Å². The van der Waals surface area contributed by atoms with Crippen molar-refractivity contribution in [2.24, 2.45) is 0 Å². The molecule has 0 unspecified atom stereocenters. The summed E-state index contributed by atoms with van der Waals surface area (Å²) >= 11 is 1.53. The van der Waals surface area contributed by atoms with E-state index in [4.69, 9.17) is 4.52 Å². The molecule has 0 aromatic carbocycles. The van der Waals surface area contributed by atoms with E-state index in [0.717, 1.165) is 24.1 Å². The molecule has 8 nitrogen and oxygen atoms in total. The van der Waals surface area contributed by atoms with Crippen LogP contribution >= 0.6 is 11.3 Å². The minimum atomic E-state index is -0.115. The Morgan fingerprint density at radius 3 is 2.81 bits per heavy atom. The lowest BCUT2D eigenvalue weighted by atomic mass is 9.95. The molecule has 158 valence electrons. The number of hydrogen-bond acceptors (Lipinski definition) is 6. The van der Waals surface area contributed by atoms with Crippen molar-refractivity contribution in [1.82, 2.24) is 24.8 Å². The van der Waals surface area contributed by atoms with Gasteiger partial charge in [-0.3, -0.25) is 9.59 Å². The predicted octanol–water partition coefficient (Wildman–Crippen LogP) is 3.33. The summed E-state index contributed by atoms with van der Waals surface area (Å²) in [5, 5.41) is 6.59. The number of fused-ring (bicyclic) bond motifs is 1. The quantitative estimate of drug-likeness (QED) is 0.519. The number of nitrogens with zero attached hydrogens (tertiary/aromatic N) is 4. The van der Waals surface area contributed by atoms with Gasteiger partial charge in [-0.2, -0.15) is 0 Å². The van der Waals surface area contributed by atoms with Gasteiger partial charge < -0.3 is 19.1 Å². The van der Waals surface area contributed by atoms with Crippen molar-refractivity contribution in [3.05, 3.63) is 76.2 Å². The first-order valence-electron chi connectivity index (χ1n) is 10.2. The Bertz CT molecular complexity index is 1200. The fourth-order valence-electron chi connectivity index (χ4n) is 3.88. The monoisotopic (exact) mass is 435 g/mol. The highest BCUT2D eigenvalue weighted by atomic mass is 32.1. The number of pyridine rings is 1. The molecule has 1 aliphatic rings. The molecule has 31 heavy (non-hydrogen) atoms. The molecule has 4 aromatic heterocycles. The number of rotatable bonds is 5. The summed E-state index contributed by atoms with van der Waals surface area (Å²) in [7, 11) is 0. The van der Waals surface area contributed by atoms with Gasteiger partial charge in [0, 0.05) is 49.2 Å². The van der Waals surface area contributed by atoms with E-state index in [1.807, 2.05) is 41.1 Å². The minimum absolute atomic E-state index is 0.0719. The summed E-state index contributed by atoms with van der Waals surface area (Å²) < 4.78 is 6.91. The smallest absolute Gasteiger partial charge is 0.292 e. The molecule has 1 saturated heterocycles. The van der Waals surface area contributed by atoms with Gasteiger partial charge in [-0.25, -0.2) is 4.98 Å². The van der Waals surface area contributed by atoms with E-state index in [-0.39, 0.29) is 17.6 Å². The first-order chi connectivity index (χ1) is 15.2. The Morgan fingerprint density at radius 2 is 2.00 bits per heavy atom. The largest absolute Gasteiger partial charge is 0.351 e. The molecule has 4 aromatic rings. The lowest BCUT2D eigenvalue weighted by Crippen LogP contribution is -2.37. The number of likely N-dealkylation sites (tertiary alicyclic amines) is 1. The lowest BCUT2D eigenvalue weighted by Gasteiger charge is -2.30. The van der Waals surface area contributed by atoms with Gasteiger partial charge >= 0.3 is 0 Å². The Hall–Kier alpha value is -3.46. The molecule has 9 heteroatoms. The second-order valence-electron chi connectivity index (χ2n) is 7.56. The molecule has 2 amide bonds. The fourth-order valence-corrected chi connectivity index (χ4v) is 4.97. The zero-order valence-electron chi connectivity index (χ0n) is 16.7. The summed E-state index contributed by atoms with van der Waals surface area (Å²) in [5.41, 5.74) is 1.87. The number of aromatic nitrogens is 3. The Kier molecular flexibility index (Phi) is 5.25. The SMILES string of the molecule is O=C(NCc1ccn2ccnc2c1)c1ccc(C2CCN(C(=O)c3ccno3)CC2)s1. The molecular weight excluding hydrogens is 414 g/mol. The molecule has 0 bridgehead atoms. The van der Waals surface area contributed by atoms with E-state index in [0.29, 0.717) is 30.4 Å². The fraction of sp³-hybridized carbons (Fsp3) is 0.273. The molecule has 0 saturated carbocycles. The second-order valence-corrected chi connectivity index (χ2v) is 8.67. The predicted molar refractivity (Wildman–Crippen MR) is 115 cm³/mol. The molecule has 0 spiro atoms. The zero-order chi connectivity index (χ0) is 21.2. The first-order valence-corrected chi connectivity index (χ1v) is 11.0. The molecule has 5 rings (SSSR count). The van der Waals surface area contributed by atoms with Crippen molar-refractivity contribution in [3.63, 3.8) is 0 Å². The summed E-state index contributed by atoms with van der Waals surface area (Å²) in [5.74, 6) is 0.446. The molecule has 1 fully saturated rings. The maximum Gasteiger partial charge on any atom is 0.292 e. The van der Waals surface area contributed by atoms with E-state index < -0.39 is 0 Å². The first kappa shape index (κ1) is 19.5. The van der Waals surface area contributed by atoms with E-state index in [1.165, 1.54) is 22.4 Å². The van der Waals surface area contributed by atoms with Crippen molar-refractivity contribution in [3.8, 4) is 0 Å². The van der Waals surface area contributed by atoms with Gasteiger partial charge in [0.05, 0.1) is 11.1 Å². The van der Waals surface area contributed by atoms with Crippen LogP contribution in [0.15, 0.2) is 59.6 Å². The van der Waals surface area contributed by atoms with Gasteiger partial charge in [-0.05, 0) is 48.6 Å². The number of carbonyl (C=O) groups excluding carboxylic acids is 2. The number of piperidine rings is 1. The number of carbonyl (C=O) groups is 2. The molecule has 0 atom stereocenters. The van der Waals surface area contributed by atoms with Crippen LogP contribution in [0.4, 0.5) is 0 Å². The van der Waals surface area contributed by atoms with Crippen molar-refractivity contribution < 1.29 is 14.1 Å². The van der Waals surface area contributed by atoms with Gasteiger partial charge in [0.2, 0.25) is 5.76 Å². The minimum Gasteiger partial charge on any atom is -0.351 e. The third-order valence-corrected chi connectivity index (χ3v) is 6.85. The highest BCUT2D eigenvalue weighted by Crippen LogP contribution is 2.33. The van der Waals surface area contributed by atoms with E-state index in [2.05, 4.69) is 15.5 Å². The standard InChI is InChI=1S/C22H21N5O3S/c28-21(24-14-15-4-9-26-12-8-23-20(26)13-15)19-2-1-18(31-19)16-5-10-27(11-6-16)22(29)17-3-7-25-30-17/h1-4,7-9,12-13,16H,5-6,10-11,14H2,(H,24,28). The van der Waals surface area contributed by atoms with Gasteiger partial charge in [0.25, 0.3) is 11.8 Å². The van der Waals surface area contributed by atoms with Crippen LogP contribution in [0.2, 0.25) is 0 Å². The summed E-state index contributed by atoms with van der Waals surface area (Å²) in [6.07, 6.45) is 8.79. The maximum atomic E-state index is 12.6. The highest BCUT2D eigenvalue weighted by molar-refractivity contribution is 7.14. The van der Waals surface area contributed by atoms with Crippen molar-refractivity contribution >= 4 is 28.8 Å². The lowest BCUT2D eigenvalue weighted by molar-refractivity contribution is 0.0671. The van der Waals surface area contributed by atoms with E-state index >= 15 is 0 Å². The average molecular weight is 436 g/mol. The van der Waals surface area contributed by atoms with E-state index in [9.17, 15) is 9.59 Å². The highest BCUT2D eigenvalue weighted by Gasteiger charge is 2.27. The van der Waals surface area contributed by atoms with E-state index in [1.54, 1.807) is 17.2 Å². The molecule has 1 aliphatic heterocycles. The van der Waals surface area contributed by atoms with Crippen molar-refractivity contribution in [1.29, 1.82) is 0 Å². The summed E-state index contributed by atoms with van der Waals surface area (Å²) in [6.45, 7) is 1.79. The van der Waals surface area contributed by atoms with Crippen molar-refractivity contribution in [2.75, 3.05) is 13.1 Å². The van der Waals surface area contributed by atoms with Crippen LogP contribution in [-0.4, -0.2) is 44.3 Å². The number of hydrogen-bond donors (Lipinski definition) is 1. The third-order valence-electron chi connectivity index (χ3n) is 5.60. The normalized spacial score (nSPS) is 14.8. The van der Waals surface area contributed by atoms with Crippen LogP contribution in [0.25, 0.3) is 5.65 Å². The van der Waals surface area contributed by atoms with Crippen LogP contribution < -0.4 is 5.32 Å². The van der Waals surface area contributed by atoms with Crippen molar-refractivity contribution in [2.45, 2.75) is 25.3 Å². The van der Waals surface area contributed by atoms with Crippen LogP contribution in [-0.2, 0) is 6.54 Å². The molecule has 5 heterocycles. The number of amides is 2. The molecular formula is C22H21N5O3S. The Morgan fingerprint density at radius 1 is 1.13 bits per heavy atom. The molecule has 1 N–H and O–H groups in total. The van der Waals surface area contributed by atoms with Crippen LogP contribution in [0.3, 0.4) is 0 Å². The van der Waals surface area contributed by atoms with Gasteiger partial charge in [0.15, 0.2) is 0 Å². The Labute approximate surface area is 182 Å². The van der Waals surface area contributed by atoms with Gasteiger partial charge in [-0.1, -0.05) is 5.16 Å². The molecule has 0 radical (unpaired) electrons. The average Bonchev–Trinajstić information content (AvgIpc) is 3.58. The number of imidazole rings is 1. The Balaban J connectivity index is 1.16. The van der Waals surface area contributed by atoms with Crippen LogP contribution in [0.1, 0.15) is 49.4 Å². The zero-order valence-corrected chi connectivity index (χ0v) is 17.5. The topological polar surface area (TPSA) is 92.7 Å². The number of thiophene rings is 1.